The first-order valence-electron chi connectivity index (χ1n) is 8.35. The number of fused-ring (bicyclic) bond motifs is 1. The van der Waals surface area contributed by atoms with Crippen molar-refractivity contribution in [3.05, 3.63) is 39.0 Å². The van der Waals surface area contributed by atoms with E-state index < -0.39 is 17.6 Å². The molecule has 0 bridgehead atoms. The van der Waals surface area contributed by atoms with Crippen LogP contribution in [0, 0.1) is 5.92 Å². The van der Waals surface area contributed by atoms with Crippen LogP contribution in [0.2, 0.25) is 0 Å². The maximum atomic E-state index is 12.6. The van der Waals surface area contributed by atoms with Gasteiger partial charge in [-0.1, -0.05) is 6.92 Å². The Bertz CT molecular complexity index is 960. The Labute approximate surface area is 149 Å². The van der Waals surface area contributed by atoms with E-state index in [1.54, 1.807) is 26.0 Å². The molecule has 9 nitrogen and oxygen atoms in total. The van der Waals surface area contributed by atoms with Crippen LogP contribution in [-0.4, -0.2) is 32.8 Å². The molecule has 26 heavy (non-hydrogen) atoms. The number of nitrogens with zero attached hydrogens (tertiary/aromatic N) is 2. The number of carboxylic acid groups (broad SMARTS) is 1. The summed E-state index contributed by atoms with van der Waals surface area (Å²) in [6.07, 6.45) is -1.20. The molecule has 0 radical (unpaired) electrons. The van der Waals surface area contributed by atoms with Gasteiger partial charge in [0, 0.05) is 25.3 Å². The minimum atomic E-state index is -1.20. The van der Waals surface area contributed by atoms with Gasteiger partial charge >= 0.3 is 11.8 Å². The van der Waals surface area contributed by atoms with Gasteiger partial charge in [0.05, 0.1) is 16.8 Å². The van der Waals surface area contributed by atoms with Crippen LogP contribution in [0.4, 0.5) is 10.5 Å². The maximum absolute atomic E-state index is 12.6. The summed E-state index contributed by atoms with van der Waals surface area (Å²) in [6.45, 7) is 5.77. The Morgan fingerprint density at radius 1 is 1.15 bits per heavy atom. The molecule has 0 spiro atoms. The standard InChI is InChI=1S/C17H22N4O5/c1-4-20-13-7-6-11(19-14(22)10(3)9-18-16(24)25)8-12(13)15(23)21(5-2)17(20)26/h6-8,10,18H,4-5,9H2,1-3H3,(H,19,22)(H,24,25). The van der Waals surface area contributed by atoms with E-state index in [1.165, 1.54) is 10.6 Å². The highest BCUT2D eigenvalue weighted by atomic mass is 16.4. The van der Waals surface area contributed by atoms with Crippen LogP contribution in [-0.2, 0) is 17.9 Å². The summed E-state index contributed by atoms with van der Waals surface area (Å²) < 4.78 is 2.65. The molecule has 0 saturated carbocycles. The zero-order chi connectivity index (χ0) is 19.4. The van der Waals surface area contributed by atoms with E-state index >= 15 is 0 Å². The Hall–Kier alpha value is -3.10. The number of aromatic nitrogens is 2. The lowest BCUT2D eigenvalue weighted by Gasteiger charge is -2.14. The summed E-state index contributed by atoms with van der Waals surface area (Å²) in [7, 11) is 0. The number of carbonyl (C=O) groups is 2. The predicted molar refractivity (Wildman–Crippen MR) is 97.6 cm³/mol. The second-order valence-electron chi connectivity index (χ2n) is 5.88. The molecule has 1 aromatic carbocycles. The van der Waals surface area contributed by atoms with Crippen molar-refractivity contribution in [2.75, 3.05) is 11.9 Å². The van der Waals surface area contributed by atoms with Gasteiger partial charge in [0.15, 0.2) is 0 Å². The minimum absolute atomic E-state index is 0.0211. The first-order valence-corrected chi connectivity index (χ1v) is 8.35. The van der Waals surface area contributed by atoms with E-state index in [9.17, 15) is 19.2 Å². The van der Waals surface area contributed by atoms with E-state index in [2.05, 4.69) is 10.6 Å². The lowest BCUT2D eigenvalue weighted by atomic mass is 10.1. The lowest BCUT2D eigenvalue weighted by Crippen LogP contribution is -2.39. The van der Waals surface area contributed by atoms with Gasteiger partial charge in [-0.15, -0.1) is 0 Å². The van der Waals surface area contributed by atoms with Crippen LogP contribution in [0.25, 0.3) is 10.9 Å². The number of aryl methyl sites for hydroxylation is 1. The van der Waals surface area contributed by atoms with Crippen LogP contribution >= 0.6 is 0 Å². The summed E-state index contributed by atoms with van der Waals surface area (Å²) in [6, 6.07) is 4.76. The van der Waals surface area contributed by atoms with Crippen LogP contribution in [0.5, 0.6) is 0 Å². The van der Waals surface area contributed by atoms with Crippen LogP contribution in [0.15, 0.2) is 27.8 Å². The fourth-order valence-corrected chi connectivity index (χ4v) is 2.68. The van der Waals surface area contributed by atoms with Crippen molar-refractivity contribution in [1.29, 1.82) is 0 Å². The Morgan fingerprint density at radius 3 is 2.38 bits per heavy atom. The molecule has 1 aromatic heterocycles. The third-order valence-electron chi connectivity index (χ3n) is 4.13. The molecule has 1 atom stereocenters. The summed E-state index contributed by atoms with van der Waals surface area (Å²) in [5, 5.41) is 13.8. The molecule has 1 unspecified atom stereocenters. The predicted octanol–water partition coefficient (Wildman–Crippen LogP) is 1.05. The quantitative estimate of drug-likeness (QED) is 0.709. The molecule has 2 rings (SSSR count). The summed E-state index contributed by atoms with van der Waals surface area (Å²) in [5.74, 6) is -0.962. The molecule has 0 aliphatic carbocycles. The first-order chi connectivity index (χ1) is 12.3. The third kappa shape index (κ3) is 3.76. The zero-order valence-corrected chi connectivity index (χ0v) is 14.9. The molecule has 9 heteroatoms. The van der Waals surface area contributed by atoms with Gasteiger partial charge < -0.3 is 15.7 Å². The van der Waals surface area contributed by atoms with E-state index in [-0.39, 0.29) is 24.7 Å². The van der Waals surface area contributed by atoms with E-state index in [1.807, 2.05) is 6.92 Å². The Kier molecular flexibility index (Phi) is 5.81. The number of nitrogens with one attached hydrogen (secondary N) is 2. The zero-order valence-electron chi connectivity index (χ0n) is 14.9. The van der Waals surface area contributed by atoms with Gasteiger partial charge in [0.1, 0.15) is 0 Å². The molecule has 0 aliphatic heterocycles. The average molecular weight is 362 g/mol. The van der Waals surface area contributed by atoms with Crippen molar-refractivity contribution in [2.45, 2.75) is 33.9 Å². The fraction of sp³-hybridized carbons (Fsp3) is 0.412. The monoisotopic (exact) mass is 362 g/mol. The molecule has 0 aliphatic rings. The van der Waals surface area contributed by atoms with Crippen LogP contribution in [0.1, 0.15) is 20.8 Å². The largest absolute Gasteiger partial charge is 0.465 e. The molecule has 2 aromatic rings. The van der Waals surface area contributed by atoms with Gasteiger partial charge in [-0.3, -0.25) is 18.7 Å². The smallest absolute Gasteiger partial charge is 0.404 e. The normalized spacial score (nSPS) is 12.0. The fourth-order valence-electron chi connectivity index (χ4n) is 2.68. The minimum Gasteiger partial charge on any atom is -0.465 e. The second-order valence-corrected chi connectivity index (χ2v) is 5.88. The van der Waals surface area contributed by atoms with Crippen LogP contribution < -0.4 is 21.9 Å². The highest BCUT2D eigenvalue weighted by Crippen LogP contribution is 2.16. The summed E-state index contributed by atoms with van der Waals surface area (Å²) in [4.78, 5) is 47.6. The molecule has 0 saturated heterocycles. The van der Waals surface area contributed by atoms with Gasteiger partial charge in [-0.2, -0.15) is 0 Å². The van der Waals surface area contributed by atoms with Crippen molar-refractivity contribution in [2.24, 2.45) is 5.92 Å². The maximum Gasteiger partial charge on any atom is 0.404 e. The number of hydrogen-bond donors (Lipinski definition) is 3. The van der Waals surface area contributed by atoms with E-state index in [0.29, 0.717) is 23.1 Å². The average Bonchev–Trinajstić information content (AvgIpc) is 2.60. The lowest BCUT2D eigenvalue weighted by molar-refractivity contribution is -0.119. The molecular formula is C17H22N4O5. The summed E-state index contributed by atoms with van der Waals surface area (Å²) >= 11 is 0. The first kappa shape index (κ1) is 19.2. The van der Waals surface area contributed by atoms with Crippen molar-refractivity contribution in [3.8, 4) is 0 Å². The van der Waals surface area contributed by atoms with Gasteiger partial charge in [0.25, 0.3) is 5.56 Å². The molecule has 0 fully saturated rings. The van der Waals surface area contributed by atoms with E-state index in [0.717, 1.165) is 4.57 Å². The molecule has 140 valence electrons. The number of carbonyl (C=O) groups excluding carboxylic acids is 1. The topological polar surface area (TPSA) is 122 Å². The van der Waals surface area contributed by atoms with Crippen LogP contribution in [0.3, 0.4) is 0 Å². The number of benzene rings is 1. The van der Waals surface area contributed by atoms with Crippen molar-refractivity contribution < 1.29 is 14.7 Å². The van der Waals surface area contributed by atoms with Gasteiger partial charge in [-0.25, -0.2) is 9.59 Å². The molecule has 2 amide bonds. The molecule has 3 N–H and O–H groups in total. The molecular weight excluding hydrogens is 340 g/mol. The van der Waals surface area contributed by atoms with Gasteiger partial charge in [0.2, 0.25) is 5.91 Å². The van der Waals surface area contributed by atoms with Crippen molar-refractivity contribution >= 4 is 28.6 Å². The number of amides is 2. The highest BCUT2D eigenvalue weighted by Gasteiger charge is 2.16. The third-order valence-corrected chi connectivity index (χ3v) is 4.13. The second kappa shape index (κ2) is 7.85. The van der Waals surface area contributed by atoms with Crippen molar-refractivity contribution in [3.63, 3.8) is 0 Å². The SMILES string of the molecule is CCn1c(=O)c2cc(NC(=O)C(C)CNC(=O)O)ccc2n(CC)c1=O. The number of anilines is 1. The Morgan fingerprint density at radius 2 is 1.81 bits per heavy atom. The van der Waals surface area contributed by atoms with E-state index in [4.69, 9.17) is 5.11 Å². The number of rotatable bonds is 6. The van der Waals surface area contributed by atoms with Crippen molar-refractivity contribution in [1.82, 2.24) is 14.5 Å². The van der Waals surface area contributed by atoms with Gasteiger partial charge in [-0.05, 0) is 32.0 Å². The molecule has 1 heterocycles. The Balaban J connectivity index is 2.40. The number of hydrogen-bond acceptors (Lipinski definition) is 4. The highest BCUT2D eigenvalue weighted by molar-refractivity contribution is 5.95. The summed E-state index contributed by atoms with van der Waals surface area (Å²) in [5.41, 5.74) is 0.142.